The fourth-order valence-electron chi connectivity index (χ4n) is 4.33. The van der Waals surface area contributed by atoms with Crippen LogP contribution < -0.4 is 4.90 Å². The Labute approximate surface area is 183 Å². The van der Waals surface area contributed by atoms with Crippen LogP contribution >= 0.6 is 0 Å². The van der Waals surface area contributed by atoms with Gasteiger partial charge >= 0.3 is 0 Å². The summed E-state index contributed by atoms with van der Waals surface area (Å²) < 4.78 is 25.3. The molecule has 3 heterocycles. The zero-order chi connectivity index (χ0) is 21.6. The van der Waals surface area contributed by atoms with Crippen molar-refractivity contribution in [3.63, 3.8) is 0 Å². The molecule has 0 radical (unpaired) electrons. The van der Waals surface area contributed by atoms with E-state index in [2.05, 4.69) is 60.5 Å². The molecule has 1 saturated heterocycles. The Balaban J connectivity index is 1.45. The molecule has 1 fully saturated rings. The number of aryl methyl sites for hydroxylation is 1. The van der Waals surface area contributed by atoms with Crippen LogP contribution in [0.1, 0.15) is 12.0 Å². The third-order valence-electron chi connectivity index (χ3n) is 6.16. The van der Waals surface area contributed by atoms with Crippen molar-refractivity contribution in [2.45, 2.75) is 13.3 Å². The monoisotopic (exact) mass is 431 g/mol. The molecule has 158 valence electrons. The summed E-state index contributed by atoms with van der Waals surface area (Å²) in [4.78, 5) is 6.95. The van der Waals surface area contributed by atoms with Gasteiger partial charge in [0.2, 0.25) is 10.0 Å². The molecule has 0 bridgehead atoms. The molecule has 0 saturated carbocycles. The van der Waals surface area contributed by atoms with E-state index in [0.717, 1.165) is 40.9 Å². The van der Waals surface area contributed by atoms with Gasteiger partial charge in [-0.05, 0) is 53.6 Å². The van der Waals surface area contributed by atoms with Gasteiger partial charge in [0.05, 0.1) is 11.9 Å². The Hall–Kier alpha value is -2.96. The van der Waals surface area contributed by atoms with E-state index in [9.17, 15) is 8.42 Å². The highest BCUT2D eigenvalue weighted by atomic mass is 32.2. The van der Waals surface area contributed by atoms with Gasteiger partial charge in [0.1, 0.15) is 0 Å². The summed E-state index contributed by atoms with van der Waals surface area (Å²) in [7, 11) is -3.15. The molecule has 0 spiro atoms. The quantitative estimate of drug-likeness (QED) is 0.612. The summed E-state index contributed by atoms with van der Waals surface area (Å²) in [5, 5.41) is 2.32. The Bertz CT molecular complexity index is 1340. The molecule has 31 heavy (non-hydrogen) atoms. The Morgan fingerprint density at radius 2 is 1.81 bits per heavy atom. The SMILES string of the molecule is Cc1ccc(N2C=C3CCN(S(C)(=O)=O)CC3=CC2)cc1-c1cc2ccccc2cn1. The van der Waals surface area contributed by atoms with E-state index in [-0.39, 0.29) is 0 Å². The summed E-state index contributed by atoms with van der Waals surface area (Å²) in [6.45, 7) is 3.85. The smallest absolute Gasteiger partial charge is 0.211 e. The topological polar surface area (TPSA) is 53.5 Å². The fraction of sp³-hybridized carbons (Fsp3) is 0.240. The molecule has 2 aliphatic heterocycles. The Kier molecular flexibility index (Phi) is 4.91. The maximum Gasteiger partial charge on any atom is 0.211 e. The summed E-state index contributed by atoms with van der Waals surface area (Å²) in [6, 6.07) is 16.9. The largest absolute Gasteiger partial charge is 0.344 e. The van der Waals surface area contributed by atoms with Crippen molar-refractivity contribution in [2.24, 2.45) is 0 Å². The van der Waals surface area contributed by atoms with Gasteiger partial charge in [-0.15, -0.1) is 0 Å². The average Bonchev–Trinajstić information content (AvgIpc) is 2.78. The van der Waals surface area contributed by atoms with Crippen LogP contribution in [0.5, 0.6) is 0 Å². The molecule has 2 aromatic carbocycles. The number of rotatable bonds is 3. The first kappa shape index (κ1) is 20.0. The molecule has 2 aliphatic rings. The minimum atomic E-state index is -3.15. The molecule has 6 heteroatoms. The molecule has 1 aromatic heterocycles. The van der Waals surface area contributed by atoms with Crippen LogP contribution in [-0.2, 0) is 10.0 Å². The first-order valence-electron chi connectivity index (χ1n) is 10.5. The normalized spacial score (nSPS) is 17.3. The molecule has 3 aromatic rings. The van der Waals surface area contributed by atoms with E-state index in [4.69, 9.17) is 4.98 Å². The first-order valence-corrected chi connectivity index (χ1v) is 12.3. The Morgan fingerprint density at radius 3 is 2.61 bits per heavy atom. The predicted molar refractivity (Wildman–Crippen MR) is 126 cm³/mol. The number of fused-ring (bicyclic) bond motifs is 2. The average molecular weight is 432 g/mol. The van der Waals surface area contributed by atoms with E-state index in [0.29, 0.717) is 13.1 Å². The minimum absolute atomic E-state index is 0.471. The van der Waals surface area contributed by atoms with Crippen LogP contribution in [0.4, 0.5) is 5.69 Å². The molecular weight excluding hydrogens is 406 g/mol. The molecule has 0 unspecified atom stereocenters. The third-order valence-corrected chi connectivity index (χ3v) is 7.41. The summed E-state index contributed by atoms with van der Waals surface area (Å²) in [6.07, 6.45) is 8.29. The number of benzene rings is 2. The number of nitrogens with zero attached hydrogens (tertiary/aromatic N) is 3. The second kappa shape index (κ2) is 7.62. The van der Waals surface area contributed by atoms with Crippen molar-refractivity contribution in [3.8, 4) is 11.3 Å². The van der Waals surface area contributed by atoms with E-state index in [1.54, 1.807) is 4.31 Å². The van der Waals surface area contributed by atoms with Crippen molar-refractivity contribution >= 4 is 26.5 Å². The zero-order valence-electron chi connectivity index (χ0n) is 17.7. The van der Waals surface area contributed by atoms with E-state index in [1.807, 2.05) is 18.3 Å². The summed E-state index contributed by atoms with van der Waals surface area (Å²) in [5.74, 6) is 0. The molecule has 5 rings (SSSR count). The van der Waals surface area contributed by atoms with Crippen LogP contribution in [0.2, 0.25) is 0 Å². The number of hydrogen-bond donors (Lipinski definition) is 0. The van der Waals surface area contributed by atoms with Gasteiger partial charge < -0.3 is 4.90 Å². The van der Waals surface area contributed by atoms with Crippen molar-refractivity contribution in [1.82, 2.24) is 9.29 Å². The highest BCUT2D eigenvalue weighted by molar-refractivity contribution is 7.88. The molecule has 0 atom stereocenters. The number of hydrogen-bond acceptors (Lipinski definition) is 4. The number of aromatic nitrogens is 1. The van der Waals surface area contributed by atoms with Crippen LogP contribution in [0.3, 0.4) is 0 Å². The summed E-state index contributed by atoms with van der Waals surface area (Å²) in [5.41, 5.74) is 6.75. The Morgan fingerprint density at radius 1 is 1.00 bits per heavy atom. The van der Waals surface area contributed by atoms with Crippen molar-refractivity contribution in [2.75, 3.05) is 30.8 Å². The lowest BCUT2D eigenvalue weighted by Gasteiger charge is -2.34. The van der Waals surface area contributed by atoms with Crippen LogP contribution in [-0.4, -0.2) is 43.6 Å². The highest BCUT2D eigenvalue weighted by Crippen LogP contribution is 2.33. The van der Waals surface area contributed by atoms with Crippen molar-refractivity contribution < 1.29 is 8.42 Å². The van der Waals surface area contributed by atoms with Gasteiger partial charge in [-0.1, -0.05) is 36.4 Å². The van der Waals surface area contributed by atoms with Crippen LogP contribution in [0, 0.1) is 6.92 Å². The lowest BCUT2D eigenvalue weighted by atomic mass is 9.96. The molecule has 0 N–H and O–H groups in total. The van der Waals surface area contributed by atoms with Gasteiger partial charge in [-0.3, -0.25) is 4.98 Å². The number of pyridine rings is 1. The lowest BCUT2D eigenvalue weighted by Crippen LogP contribution is -2.38. The highest BCUT2D eigenvalue weighted by Gasteiger charge is 2.27. The standard InChI is InChI=1S/C25H25N3O2S/c1-18-7-8-23(14-24(18)25-13-19-5-3-4-6-20(19)15-26-25)27-11-9-22-17-28(31(2,29)30)12-10-21(22)16-27/h3-9,13-16H,10-12,17H2,1-2H3. The zero-order valence-corrected chi connectivity index (χ0v) is 18.6. The van der Waals surface area contributed by atoms with Gasteiger partial charge in [0.15, 0.2) is 0 Å². The maximum atomic E-state index is 11.9. The van der Waals surface area contributed by atoms with Gasteiger partial charge in [0, 0.05) is 48.7 Å². The maximum absolute atomic E-state index is 11.9. The molecule has 5 nitrogen and oxygen atoms in total. The summed E-state index contributed by atoms with van der Waals surface area (Å²) >= 11 is 0. The van der Waals surface area contributed by atoms with E-state index >= 15 is 0 Å². The van der Waals surface area contributed by atoms with Gasteiger partial charge in [-0.2, -0.15) is 4.31 Å². The van der Waals surface area contributed by atoms with Gasteiger partial charge in [0.25, 0.3) is 0 Å². The van der Waals surface area contributed by atoms with Crippen molar-refractivity contribution in [3.05, 3.63) is 83.7 Å². The molecule has 0 amide bonds. The van der Waals surface area contributed by atoms with E-state index in [1.165, 1.54) is 22.8 Å². The number of sulfonamides is 1. The molecule has 0 aliphatic carbocycles. The molecular formula is C25H25N3O2S. The van der Waals surface area contributed by atoms with Crippen LogP contribution in [0.25, 0.3) is 22.0 Å². The fourth-order valence-corrected chi connectivity index (χ4v) is 5.12. The minimum Gasteiger partial charge on any atom is -0.344 e. The number of anilines is 1. The second-order valence-corrected chi connectivity index (χ2v) is 10.3. The van der Waals surface area contributed by atoms with Crippen LogP contribution in [0.15, 0.2) is 78.1 Å². The second-order valence-electron chi connectivity index (χ2n) is 8.30. The predicted octanol–water partition coefficient (Wildman–Crippen LogP) is 4.51. The first-order chi connectivity index (χ1) is 14.9. The third kappa shape index (κ3) is 3.89. The van der Waals surface area contributed by atoms with E-state index < -0.39 is 10.0 Å². The van der Waals surface area contributed by atoms with Crippen molar-refractivity contribution in [1.29, 1.82) is 0 Å². The number of piperidine rings is 1. The van der Waals surface area contributed by atoms with Gasteiger partial charge in [-0.25, -0.2) is 8.42 Å². The lowest BCUT2D eigenvalue weighted by molar-refractivity contribution is 0.423.